The molecule has 0 unspecified atom stereocenters. The van der Waals surface area contributed by atoms with E-state index in [2.05, 4.69) is 31.9 Å². The Balaban J connectivity index is 1.84. The predicted molar refractivity (Wildman–Crippen MR) is 115 cm³/mol. The number of carbonyl (C=O) groups excluding carboxylic acids is 3. The fourth-order valence-electron chi connectivity index (χ4n) is 2.25. The molecule has 0 fully saturated rings. The highest BCUT2D eigenvalue weighted by Gasteiger charge is 2.19. The molecule has 0 aliphatic heterocycles. The van der Waals surface area contributed by atoms with Gasteiger partial charge in [0.1, 0.15) is 0 Å². The van der Waals surface area contributed by atoms with Crippen LogP contribution in [0.5, 0.6) is 0 Å². The smallest absolute Gasteiger partial charge is 0.251 e. The van der Waals surface area contributed by atoms with Crippen LogP contribution in [-0.2, 0) is 19.6 Å². The highest BCUT2D eigenvalue weighted by molar-refractivity contribution is 9.10. The summed E-state index contributed by atoms with van der Waals surface area (Å²) in [5.41, 5.74) is 0.678. The molecule has 2 rings (SSSR count). The third kappa shape index (κ3) is 6.65. The molecule has 0 heterocycles. The van der Waals surface area contributed by atoms with Gasteiger partial charge >= 0.3 is 0 Å². The Morgan fingerprint density at radius 1 is 0.933 bits per heavy atom. The first-order chi connectivity index (χ1) is 14.1. The largest absolute Gasteiger partial charge is 0.345 e. The Morgan fingerprint density at radius 3 is 2.20 bits per heavy atom. The second-order valence-corrected chi connectivity index (χ2v) is 9.40. The van der Waals surface area contributed by atoms with Crippen LogP contribution in [0.1, 0.15) is 10.4 Å². The maximum atomic E-state index is 12.2. The number of amides is 3. The third-order valence-corrected chi connectivity index (χ3v) is 6.20. The van der Waals surface area contributed by atoms with Crippen molar-refractivity contribution < 1.29 is 22.8 Å². The molecule has 0 aliphatic rings. The first kappa shape index (κ1) is 23.5. The lowest BCUT2D eigenvalue weighted by Crippen LogP contribution is -2.40. The van der Waals surface area contributed by atoms with Crippen LogP contribution in [0.25, 0.3) is 0 Å². The normalized spacial score (nSPS) is 11.1. The molecule has 0 radical (unpaired) electrons. The van der Waals surface area contributed by atoms with Crippen molar-refractivity contribution in [3.05, 3.63) is 58.6 Å². The summed E-state index contributed by atoms with van der Waals surface area (Å²) in [6.07, 6.45) is 0. The number of sulfonamides is 1. The van der Waals surface area contributed by atoms with Crippen LogP contribution < -0.4 is 16.0 Å². The van der Waals surface area contributed by atoms with Gasteiger partial charge in [-0.15, -0.1) is 0 Å². The molecule has 0 aliphatic carbocycles. The van der Waals surface area contributed by atoms with E-state index in [-0.39, 0.29) is 23.5 Å². The number of benzene rings is 2. The Kier molecular flexibility index (Phi) is 8.09. The van der Waals surface area contributed by atoms with Crippen molar-refractivity contribution in [2.24, 2.45) is 0 Å². The van der Waals surface area contributed by atoms with E-state index < -0.39 is 27.7 Å². The lowest BCUT2D eigenvalue weighted by Gasteiger charge is -2.12. The number of carbonyl (C=O) groups is 3. The first-order valence-corrected chi connectivity index (χ1v) is 11.0. The number of anilines is 1. The zero-order valence-corrected chi connectivity index (χ0v) is 18.7. The molecule has 0 saturated heterocycles. The minimum absolute atomic E-state index is 0.0331. The van der Waals surface area contributed by atoms with E-state index in [1.807, 2.05) is 0 Å². The quantitative estimate of drug-likeness (QED) is 0.506. The maximum Gasteiger partial charge on any atom is 0.251 e. The highest BCUT2D eigenvalue weighted by Crippen LogP contribution is 2.15. The van der Waals surface area contributed by atoms with E-state index in [9.17, 15) is 22.8 Å². The number of nitrogens with one attached hydrogen (secondary N) is 3. The molecule has 2 aromatic rings. The topological polar surface area (TPSA) is 125 Å². The molecule has 30 heavy (non-hydrogen) atoms. The fraction of sp³-hybridized carbons (Fsp3) is 0.211. The minimum Gasteiger partial charge on any atom is -0.345 e. The van der Waals surface area contributed by atoms with Gasteiger partial charge in [0.2, 0.25) is 21.8 Å². The van der Waals surface area contributed by atoms with Gasteiger partial charge in [0, 0.05) is 29.8 Å². The molecule has 3 N–H and O–H groups in total. The number of hydrogen-bond donors (Lipinski definition) is 3. The van der Waals surface area contributed by atoms with Crippen molar-refractivity contribution in [1.29, 1.82) is 0 Å². The van der Waals surface area contributed by atoms with Gasteiger partial charge < -0.3 is 16.0 Å². The van der Waals surface area contributed by atoms with Crippen molar-refractivity contribution >= 4 is 49.4 Å². The molecule has 0 spiro atoms. The summed E-state index contributed by atoms with van der Waals surface area (Å²) in [5.74, 6) is -1.59. The number of halogens is 1. The Labute approximate surface area is 183 Å². The summed E-state index contributed by atoms with van der Waals surface area (Å²) >= 11 is 3.29. The summed E-state index contributed by atoms with van der Waals surface area (Å²) in [6.45, 7) is -0.629. The first-order valence-electron chi connectivity index (χ1n) is 8.72. The molecular weight excluding hydrogens is 476 g/mol. The van der Waals surface area contributed by atoms with Gasteiger partial charge in [0.25, 0.3) is 5.91 Å². The van der Waals surface area contributed by atoms with Crippen LogP contribution in [0.4, 0.5) is 5.69 Å². The van der Waals surface area contributed by atoms with Crippen molar-refractivity contribution in [3.8, 4) is 0 Å². The summed E-state index contributed by atoms with van der Waals surface area (Å²) < 4.78 is 26.2. The van der Waals surface area contributed by atoms with Gasteiger partial charge in [-0.05, 0) is 42.5 Å². The molecule has 3 amide bonds. The standard InChI is InChI=1S/C19H21BrN4O5S/c1-24(2)30(28,29)16-5-3-4-13(10-16)19(27)22-11-17(25)21-12-18(26)23-15-8-6-14(20)7-9-15/h3-10H,11-12H2,1-2H3,(H,21,25)(H,22,27)(H,23,26). The summed E-state index contributed by atoms with van der Waals surface area (Å²) in [7, 11) is -0.907. The highest BCUT2D eigenvalue weighted by atomic mass is 79.9. The summed E-state index contributed by atoms with van der Waals surface area (Å²) in [6, 6.07) is 12.4. The molecular formula is C19H21BrN4O5S. The number of rotatable bonds is 8. The van der Waals surface area contributed by atoms with Crippen molar-refractivity contribution in [2.75, 3.05) is 32.5 Å². The fourth-order valence-corrected chi connectivity index (χ4v) is 3.46. The molecule has 0 aromatic heterocycles. The van der Waals surface area contributed by atoms with Crippen LogP contribution in [0, 0.1) is 0 Å². The second kappa shape index (κ2) is 10.3. The molecule has 0 atom stereocenters. The zero-order chi connectivity index (χ0) is 22.3. The van der Waals surface area contributed by atoms with E-state index in [1.54, 1.807) is 24.3 Å². The van der Waals surface area contributed by atoms with Crippen LogP contribution >= 0.6 is 15.9 Å². The van der Waals surface area contributed by atoms with Crippen molar-refractivity contribution in [3.63, 3.8) is 0 Å². The second-order valence-electron chi connectivity index (χ2n) is 6.33. The summed E-state index contributed by atoms with van der Waals surface area (Å²) in [4.78, 5) is 35.9. The predicted octanol–water partition coefficient (Wildman–Crippen LogP) is 1.18. The lowest BCUT2D eigenvalue weighted by atomic mass is 10.2. The zero-order valence-electron chi connectivity index (χ0n) is 16.3. The van der Waals surface area contributed by atoms with Crippen LogP contribution in [-0.4, -0.2) is 57.6 Å². The van der Waals surface area contributed by atoms with Gasteiger partial charge in [-0.25, -0.2) is 12.7 Å². The van der Waals surface area contributed by atoms with E-state index >= 15 is 0 Å². The third-order valence-electron chi connectivity index (χ3n) is 3.86. The molecule has 2 aromatic carbocycles. The maximum absolute atomic E-state index is 12.2. The van der Waals surface area contributed by atoms with Crippen molar-refractivity contribution in [2.45, 2.75) is 4.90 Å². The van der Waals surface area contributed by atoms with Gasteiger partial charge in [-0.3, -0.25) is 14.4 Å². The van der Waals surface area contributed by atoms with E-state index in [4.69, 9.17) is 0 Å². The van der Waals surface area contributed by atoms with Gasteiger partial charge in [-0.2, -0.15) is 0 Å². The molecule has 160 valence electrons. The Bertz CT molecular complexity index is 1040. The SMILES string of the molecule is CN(C)S(=O)(=O)c1cccc(C(=O)NCC(=O)NCC(=O)Nc2ccc(Br)cc2)c1. The van der Waals surface area contributed by atoms with Gasteiger partial charge in [0.15, 0.2) is 0 Å². The number of nitrogens with zero attached hydrogens (tertiary/aromatic N) is 1. The van der Waals surface area contributed by atoms with E-state index in [0.29, 0.717) is 5.69 Å². The summed E-state index contributed by atoms with van der Waals surface area (Å²) in [5, 5.41) is 7.41. The molecule has 0 bridgehead atoms. The molecule has 9 nitrogen and oxygen atoms in total. The van der Waals surface area contributed by atoms with Crippen LogP contribution in [0.3, 0.4) is 0 Å². The van der Waals surface area contributed by atoms with Crippen LogP contribution in [0.15, 0.2) is 57.9 Å². The molecule has 11 heteroatoms. The Hall–Kier alpha value is -2.76. The van der Waals surface area contributed by atoms with Gasteiger partial charge in [-0.1, -0.05) is 22.0 Å². The van der Waals surface area contributed by atoms with E-state index in [0.717, 1.165) is 8.78 Å². The number of hydrogen-bond acceptors (Lipinski definition) is 5. The minimum atomic E-state index is -3.68. The lowest BCUT2D eigenvalue weighted by molar-refractivity contribution is -0.123. The average molecular weight is 497 g/mol. The van der Waals surface area contributed by atoms with E-state index in [1.165, 1.54) is 38.4 Å². The molecule has 0 saturated carbocycles. The van der Waals surface area contributed by atoms with Crippen LogP contribution in [0.2, 0.25) is 0 Å². The average Bonchev–Trinajstić information content (AvgIpc) is 2.72. The van der Waals surface area contributed by atoms with Crippen molar-refractivity contribution in [1.82, 2.24) is 14.9 Å². The monoisotopic (exact) mass is 496 g/mol. The Morgan fingerprint density at radius 2 is 1.57 bits per heavy atom. The van der Waals surface area contributed by atoms with Gasteiger partial charge in [0.05, 0.1) is 18.0 Å².